The van der Waals surface area contributed by atoms with E-state index in [1.165, 1.54) is 15.9 Å². The quantitative estimate of drug-likeness (QED) is 0.383. The molecule has 1 aliphatic heterocycles. The predicted octanol–water partition coefficient (Wildman–Crippen LogP) is 6.26. The number of nitrogens with zero attached hydrogens (tertiary/aromatic N) is 1. The Morgan fingerprint density at radius 1 is 0.829 bits per heavy atom. The van der Waals surface area contributed by atoms with E-state index in [4.69, 9.17) is 4.74 Å². The van der Waals surface area contributed by atoms with Crippen molar-refractivity contribution in [2.45, 2.75) is 46.1 Å². The molecule has 35 heavy (non-hydrogen) atoms. The number of likely N-dealkylation sites (tertiary alicyclic amines) is 1. The predicted molar refractivity (Wildman–Crippen MR) is 150 cm³/mol. The van der Waals surface area contributed by atoms with Crippen LogP contribution in [-0.2, 0) is 4.74 Å². The number of hydrogen-bond donors (Lipinski definition) is 0. The molecule has 3 nitrogen and oxygen atoms in total. The molecule has 1 atom stereocenters. The van der Waals surface area contributed by atoms with Crippen LogP contribution in [0.1, 0.15) is 40.5 Å². The van der Waals surface area contributed by atoms with E-state index in [0.29, 0.717) is 11.8 Å². The van der Waals surface area contributed by atoms with Gasteiger partial charge in [-0.15, -0.1) is 0 Å². The summed E-state index contributed by atoms with van der Waals surface area (Å²) >= 11 is 0. The van der Waals surface area contributed by atoms with Crippen molar-refractivity contribution in [1.82, 2.24) is 4.90 Å². The summed E-state index contributed by atoms with van der Waals surface area (Å²) in [6.07, 6.45) is 3.00. The smallest absolute Gasteiger partial charge is 0.410 e. The van der Waals surface area contributed by atoms with Gasteiger partial charge in [-0.3, -0.25) is 0 Å². The SMILES string of the molecule is C[C@H](C[P+](c1ccccc1)(c1ccccc1)c1ccccc1)C1CCN(C(=O)OC(C)(C)C)CC1. The standard InChI is InChI=1S/C31H39NO2P/c1-25(26-20-22-32(23-21-26)30(33)34-31(2,3)4)24-35(27-14-8-5-9-15-27,28-16-10-6-11-17-28)29-18-12-7-13-19-29/h5-19,25-26H,20-24H2,1-4H3/q+1/t25-/m1/s1. The minimum Gasteiger partial charge on any atom is -0.444 e. The maximum absolute atomic E-state index is 12.6. The van der Waals surface area contributed by atoms with Crippen molar-refractivity contribution in [3.8, 4) is 0 Å². The Bertz CT molecular complexity index is 975. The third-order valence-electron chi connectivity index (χ3n) is 7.15. The maximum Gasteiger partial charge on any atom is 0.410 e. The molecule has 0 bridgehead atoms. The summed E-state index contributed by atoms with van der Waals surface area (Å²) in [6, 6.07) is 33.4. The molecular weight excluding hydrogens is 449 g/mol. The molecule has 0 N–H and O–H groups in total. The first-order chi connectivity index (χ1) is 16.8. The van der Waals surface area contributed by atoms with E-state index in [0.717, 1.165) is 32.1 Å². The van der Waals surface area contributed by atoms with Crippen LogP contribution >= 0.6 is 7.26 Å². The molecule has 4 heteroatoms. The zero-order chi connectivity index (χ0) is 24.9. The van der Waals surface area contributed by atoms with Crippen LogP contribution in [0.5, 0.6) is 0 Å². The van der Waals surface area contributed by atoms with Crippen molar-refractivity contribution in [3.63, 3.8) is 0 Å². The second-order valence-corrected chi connectivity index (χ2v) is 14.3. The van der Waals surface area contributed by atoms with Gasteiger partial charge >= 0.3 is 6.09 Å². The van der Waals surface area contributed by atoms with Crippen molar-refractivity contribution in [3.05, 3.63) is 91.0 Å². The van der Waals surface area contributed by atoms with Crippen LogP contribution in [0, 0.1) is 11.8 Å². The van der Waals surface area contributed by atoms with Crippen molar-refractivity contribution in [1.29, 1.82) is 0 Å². The Balaban J connectivity index is 1.62. The van der Waals surface area contributed by atoms with Gasteiger partial charge in [0.1, 0.15) is 28.8 Å². The molecule has 3 aromatic rings. The van der Waals surface area contributed by atoms with Crippen molar-refractivity contribution >= 4 is 29.3 Å². The summed E-state index contributed by atoms with van der Waals surface area (Å²) in [6.45, 7) is 9.77. The lowest BCUT2D eigenvalue weighted by Gasteiger charge is -2.37. The fraction of sp³-hybridized carbons (Fsp3) is 0.387. The number of carbonyl (C=O) groups excluding carboxylic acids is 1. The monoisotopic (exact) mass is 488 g/mol. The van der Waals surface area contributed by atoms with Gasteiger partial charge in [0, 0.05) is 13.1 Å². The molecule has 0 saturated carbocycles. The van der Waals surface area contributed by atoms with Gasteiger partial charge in [-0.2, -0.15) is 0 Å². The lowest BCUT2D eigenvalue weighted by atomic mass is 9.87. The molecule has 0 aliphatic carbocycles. The number of benzene rings is 3. The van der Waals surface area contributed by atoms with Gasteiger partial charge < -0.3 is 9.64 Å². The van der Waals surface area contributed by atoms with E-state index in [9.17, 15) is 4.79 Å². The van der Waals surface area contributed by atoms with Gasteiger partial charge in [0.2, 0.25) is 0 Å². The molecule has 1 amide bonds. The van der Waals surface area contributed by atoms with Crippen LogP contribution in [0.25, 0.3) is 0 Å². The van der Waals surface area contributed by atoms with E-state index in [2.05, 4.69) is 97.9 Å². The number of piperidine rings is 1. The molecule has 0 aromatic heterocycles. The molecule has 0 radical (unpaired) electrons. The Kier molecular flexibility index (Phi) is 7.97. The van der Waals surface area contributed by atoms with E-state index in [-0.39, 0.29) is 6.09 Å². The second kappa shape index (κ2) is 11.0. The molecule has 184 valence electrons. The fourth-order valence-electron chi connectivity index (χ4n) is 5.37. The number of carbonyl (C=O) groups is 1. The van der Waals surface area contributed by atoms with Gasteiger partial charge in [0.25, 0.3) is 0 Å². The van der Waals surface area contributed by atoms with Crippen molar-refractivity contribution < 1.29 is 9.53 Å². The molecule has 1 aliphatic rings. The van der Waals surface area contributed by atoms with Crippen LogP contribution < -0.4 is 15.9 Å². The molecular formula is C31H39NO2P+. The van der Waals surface area contributed by atoms with Crippen LogP contribution in [0.15, 0.2) is 91.0 Å². The van der Waals surface area contributed by atoms with Crippen LogP contribution in [-0.4, -0.2) is 35.8 Å². The molecule has 1 saturated heterocycles. The summed E-state index contributed by atoms with van der Waals surface area (Å²) in [5, 5.41) is 4.32. The number of rotatable bonds is 6. The summed E-state index contributed by atoms with van der Waals surface area (Å²) in [7, 11) is -1.84. The first-order valence-electron chi connectivity index (χ1n) is 12.8. The Morgan fingerprint density at radius 3 is 1.60 bits per heavy atom. The first-order valence-corrected chi connectivity index (χ1v) is 14.8. The lowest BCUT2D eigenvalue weighted by molar-refractivity contribution is 0.0167. The topological polar surface area (TPSA) is 29.5 Å². The molecule has 0 unspecified atom stereocenters. The number of ether oxygens (including phenoxy) is 1. The summed E-state index contributed by atoms with van der Waals surface area (Å²) < 4.78 is 5.62. The van der Waals surface area contributed by atoms with Crippen LogP contribution in [0.2, 0.25) is 0 Å². The zero-order valence-electron chi connectivity index (χ0n) is 21.6. The minimum absolute atomic E-state index is 0.177. The highest BCUT2D eigenvalue weighted by Crippen LogP contribution is 2.57. The number of amides is 1. The average Bonchev–Trinajstić information content (AvgIpc) is 2.88. The molecule has 3 aromatic carbocycles. The van der Waals surface area contributed by atoms with E-state index in [1.807, 2.05) is 25.7 Å². The van der Waals surface area contributed by atoms with Gasteiger partial charge in [0.15, 0.2) is 0 Å². The molecule has 4 rings (SSSR count). The van der Waals surface area contributed by atoms with E-state index >= 15 is 0 Å². The van der Waals surface area contributed by atoms with Crippen molar-refractivity contribution in [2.75, 3.05) is 19.3 Å². The summed E-state index contributed by atoms with van der Waals surface area (Å²) in [4.78, 5) is 14.5. The largest absolute Gasteiger partial charge is 0.444 e. The summed E-state index contributed by atoms with van der Waals surface area (Å²) in [5.41, 5.74) is -0.452. The third kappa shape index (κ3) is 5.96. The van der Waals surface area contributed by atoms with Gasteiger partial charge in [-0.05, 0) is 81.8 Å². The minimum atomic E-state index is -1.84. The number of hydrogen-bond acceptors (Lipinski definition) is 2. The molecule has 1 fully saturated rings. The Morgan fingerprint density at radius 2 is 1.23 bits per heavy atom. The maximum atomic E-state index is 12.6. The Labute approximate surface area is 211 Å². The highest BCUT2D eigenvalue weighted by atomic mass is 31.2. The van der Waals surface area contributed by atoms with Crippen molar-refractivity contribution in [2.24, 2.45) is 11.8 Å². The Hall–Kier alpha value is -2.64. The van der Waals surface area contributed by atoms with Crippen LogP contribution in [0.4, 0.5) is 4.79 Å². The highest BCUT2D eigenvalue weighted by molar-refractivity contribution is 7.95. The third-order valence-corrected chi connectivity index (χ3v) is 11.8. The molecule has 1 heterocycles. The molecule has 0 spiro atoms. The zero-order valence-corrected chi connectivity index (χ0v) is 22.5. The lowest BCUT2D eigenvalue weighted by Crippen LogP contribution is -2.43. The van der Waals surface area contributed by atoms with Gasteiger partial charge in [0.05, 0.1) is 6.16 Å². The normalized spacial score (nSPS) is 16.1. The fourth-order valence-corrected chi connectivity index (χ4v) is 10.1. The van der Waals surface area contributed by atoms with Crippen LogP contribution in [0.3, 0.4) is 0 Å². The first kappa shape index (κ1) is 25.5. The van der Waals surface area contributed by atoms with Gasteiger partial charge in [-0.25, -0.2) is 4.79 Å². The van der Waals surface area contributed by atoms with E-state index in [1.54, 1.807) is 0 Å². The highest BCUT2D eigenvalue weighted by Gasteiger charge is 2.47. The average molecular weight is 489 g/mol. The van der Waals surface area contributed by atoms with E-state index < -0.39 is 12.9 Å². The second-order valence-electron chi connectivity index (χ2n) is 10.8. The summed E-state index contributed by atoms with van der Waals surface area (Å²) in [5.74, 6) is 1.12. The van der Waals surface area contributed by atoms with Gasteiger partial charge in [-0.1, -0.05) is 61.5 Å².